The highest BCUT2D eigenvalue weighted by molar-refractivity contribution is 6.99. The molecule has 1 saturated heterocycles. The topological polar surface area (TPSA) is 37.8 Å². The maximum atomic E-state index is 4.30. The normalized spacial score (nSPS) is 27.4. The molecule has 1 fully saturated rings. The summed E-state index contributed by atoms with van der Waals surface area (Å²) in [5.74, 6) is 0.659. The molecule has 4 heteroatoms. The Morgan fingerprint density at radius 1 is 1.64 bits per heavy atom. The van der Waals surface area contributed by atoms with E-state index >= 15 is 0 Å². The molecule has 0 amide bonds. The van der Waals surface area contributed by atoms with Crippen LogP contribution < -0.4 is 5.32 Å². The fraction of sp³-hybridized carbons (Fsp3) is 0.800. The van der Waals surface area contributed by atoms with Gasteiger partial charge < -0.3 is 5.32 Å². The van der Waals surface area contributed by atoms with E-state index in [1.807, 2.05) is 6.20 Å². The van der Waals surface area contributed by atoms with Crippen LogP contribution in [0.15, 0.2) is 6.20 Å². The van der Waals surface area contributed by atoms with Crippen LogP contribution in [0.2, 0.25) is 0 Å². The minimum absolute atomic E-state index is 0.274. The molecule has 0 spiro atoms. The average molecular weight is 211 g/mol. The van der Waals surface area contributed by atoms with Gasteiger partial charge in [0.25, 0.3) is 0 Å². The van der Waals surface area contributed by atoms with Crippen molar-refractivity contribution in [1.29, 1.82) is 0 Å². The van der Waals surface area contributed by atoms with Crippen molar-refractivity contribution in [3.05, 3.63) is 11.9 Å². The lowest BCUT2D eigenvalue weighted by Crippen LogP contribution is -2.46. The summed E-state index contributed by atoms with van der Waals surface area (Å²) in [6.07, 6.45) is 5.48. The van der Waals surface area contributed by atoms with E-state index in [1.54, 1.807) is 0 Å². The van der Waals surface area contributed by atoms with Crippen LogP contribution in [0.4, 0.5) is 0 Å². The minimum Gasteiger partial charge on any atom is -0.311 e. The van der Waals surface area contributed by atoms with Crippen LogP contribution in [-0.4, -0.2) is 20.8 Å². The van der Waals surface area contributed by atoms with E-state index in [0.29, 0.717) is 5.92 Å². The van der Waals surface area contributed by atoms with Gasteiger partial charge in [-0.3, -0.25) is 0 Å². The maximum absolute atomic E-state index is 4.30. The van der Waals surface area contributed by atoms with Crippen molar-refractivity contribution in [2.45, 2.75) is 38.6 Å². The second-order valence-electron chi connectivity index (χ2n) is 4.42. The molecule has 1 aliphatic heterocycles. The lowest BCUT2D eigenvalue weighted by Gasteiger charge is -2.33. The summed E-state index contributed by atoms with van der Waals surface area (Å²) in [7, 11) is 0. The Labute approximate surface area is 89.3 Å². The number of rotatable bonds is 3. The zero-order valence-corrected chi connectivity index (χ0v) is 9.60. The number of nitrogens with one attached hydrogen (secondary N) is 1. The summed E-state index contributed by atoms with van der Waals surface area (Å²) in [5, 5.41) is 3.64. The largest absolute Gasteiger partial charge is 0.311 e. The van der Waals surface area contributed by atoms with Gasteiger partial charge in [0, 0.05) is 12.0 Å². The lowest BCUT2D eigenvalue weighted by atomic mass is 9.81. The predicted octanol–water partition coefficient (Wildman–Crippen LogP) is 1.86. The van der Waals surface area contributed by atoms with Crippen LogP contribution in [0.5, 0.6) is 0 Å². The Hall–Kier alpha value is -0.480. The molecule has 0 aromatic carbocycles. The zero-order chi connectivity index (χ0) is 10.0. The SMILES string of the molecule is CC(C)C1(Cc2cnsn2)CCCN1. The van der Waals surface area contributed by atoms with Crippen molar-refractivity contribution in [2.75, 3.05) is 6.54 Å². The molecule has 2 rings (SSSR count). The van der Waals surface area contributed by atoms with E-state index in [1.165, 1.54) is 24.6 Å². The van der Waals surface area contributed by atoms with Crippen molar-refractivity contribution in [1.82, 2.24) is 14.1 Å². The van der Waals surface area contributed by atoms with Gasteiger partial charge in [-0.15, -0.1) is 0 Å². The first kappa shape index (κ1) is 10.1. The molecule has 14 heavy (non-hydrogen) atoms. The first-order chi connectivity index (χ1) is 6.73. The summed E-state index contributed by atoms with van der Waals surface area (Å²) in [6.45, 7) is 5.73. The molecule has 1 aliphatic rings. The second-order valence-corrected chi connectivity index (χ2v) is 4.97. The molecule has 1 aromatic rings. The monoisotopic (exact) mass is 211 g/mol. The first-order valence-electron chi connectivity index (χ1n) is 5.24. The summed E-state index contributed by atoms with van der Waals surface area (Å²) < 4.78 is 8.36. The van der Waals surface area contributed by atoms with Crippen LogP contribution in [-0.2, 0) is 6.42 Å². The van der Waals surface area contributed by atoms with Crippen LogP contribution in [0.25, 0.3) is 0 Å². The van der Waals surface area contributed by atoms with E-state index in [9.17, 15) is 0 Å². The fourth-order valence-electron chi connectivity index (χ4n) is 2.26. The summed E-state index contributed by atoms with van der Waals surface area (Å²) in [5.41, 5.74) is 1.41. The van der Waals surface area contributed by atoms with Gasteiger partial charge in [-0.1, -0.05) is 13.8 Å². The van der Waals surface area contributed by atoms with Gasteiger partial charge in [0.2, 0.25) is 0 Å². The third-order valence-corrected chi connectivity index (χ3v) is 3.80. The van der Waals surface area contributed by atoms with Crippen LogP contribution in [0.3, 0.4) is 0 Å². The summed E-state index contributed by atoms with van der Waals surface area (Å²) >= 11 is 1.31. The number of hydrogen-bond donors (Lipinski definition) is 1. The Morgan fingerprint density at radius 3 is 3.00 bits per heavy atom. The van der Waals surface area contributed by atoms with E-state index < -0.39 is 0 Å². The van der Waals surface area contributed by atoms with Gasteiger partial charge in [-0.05, 0) is 25.3 Å². The van der Waals surface area contributed by atoms with Gasteiger partial charge in [0.15, 0.2) is 0 Å². The summed E-state index contributed by atoms with van der Waals surface area (Å²) in [6, 6.07) is 0. The maximum Gasteiger partial charge on any atom is 0.0761 e. The van der Waals surface area contributed by atoms with Gasteiger partial charge in [-0.25, -0.2) is 0 Å². The van der Waals surface area contributed by atoms with E-state index in [-0.39, 0.29) is 5.54 Å². The van der Waals surface area contributed by atoms with Crippen LogP contribution in [0, 0.1) is 5.92 Å². The number of nitrogens with zero attached hydrogens (tertiary/aromatic N) is 2. The molecule has 2 heterocycles. The molecule has 78 valence electrons. The van der Waals surface area contributed by atoms with E-state index in [2.05, 4.69) is 27.9 Å². The Morgan fingerprint density at radius 2 is 2.50 bits per heavy atom. The molecule has 0 saturated carbocycles. The molecule has 1 N–H and O–H groups in total. The lowest BCUT2D eigenvalue weighted by molar-refractivity contribution is 0.267. The van der Waals surface area contributed by atoms with Crippen LogP contribution >= 0.6 is 11.7 Å². The van der Waals surface area contributed by atoms with E-state index in [0.717, 1.165) is 18.7 Å². The number of aromatic nitrogens is 2. The Balaban J connectivity index is 2.12. The fourth-order valence-corrected chi connectivity index (χ4v) is 2.69. The quantitative estimate of drug-likeness (QED) is 0.829. The molecule has 1 aromatic heterocycles. The van der Waals surface area contributed by atoms with Crippen molar-refractivity contribution in [3.63, 3.8) is 0 Å². The minimum atomic E-state index is 0.274. The molecule has 1 atom stereocenters. The van der Waals surface area contributed by atoms with Crippen molar-refractivity contribution < 1.29 is 0 Å². The third kappa shape index (κ3) is 1.81. The molecule has 0 radical (unpaired) electrons. The van der Waals surface area contributed by atoms with E-state index in [4.69, 9.17) is 0 Å². The zero-order valence-electron chi connectivity index (χ0n) is 8.79. The smallest absolute Gasteiger partial charge is 0.0761 e. The average Bonchev–Trinajstić information content (AvgIpc) is 2.76. The highest BCUT2D eigenvalue weighted by atomic mass is 32.1. The third-order valence-electron chi connectivity index (χ3n) is 3.29. The molecule has 1 unspecified atom stereocenters. The predicted molar refractivity (Wildman–Crippen MR) is 58.4 cm³/mol. The molecule has 0 bridgehead atoms. The molecular formula is C10H17N3S. The number of hydrogen-bond acceptors (Lipinski definition) is 4. The standard InChI is InChI=1S/C10H17N3S/c1-8(2)10(4-3-5-11-10)6-9-7-12-14-13-9/h7-8,11H,3-6H2,1-2H3. The van der Waals surface area contributed by atoms with Crippen molar-refractivity contribution >= 4 is 11.7 Å². The van der Waals surface area contributed by atoms with Gasteiger partial charge in [-0.2, -0.15) is 8.75 Å². The van der Waals surface area contributed by atoms with Gasteiger partial charge in [0.1, 0.15) is 0 Å². The summed E-state index contributed by atoms with van der Waals surface area (Å²) in [4.78, 5) is 0. The first-order valence-corrected chi connectivity index (χ1v) is 5.97. The second kappa shape index (κ2) is 3.95. The van der Waals surface area contributed by atoms with Gasteiger partial charge in [0.05, 0.1) is 23.6 Å². The molecule has 0 aliphatic carbocycles. The highest BCUT2D eigenvalue weighted by Crippen LogP contribution is 2.30. The van der Waals surface area contributed by atoms with Crippen LogP contribution in [0.1, 0.15) is 32.4 Å². The Kier molecular flexibility index (Phi) is 2.83. The highest BCUT2D eigenvalue weighted by Gasteiger charge is 2.37. The van der Waals surface area contributed by atoms with Gasteiger partial charge >= 0.3 is 0 Å². The Bertz CT molecular complexity index is 276. The van der Waals surface area contributed by atoms with Crippen molar-refractivity contribution in [2.24, 2.45) is 5.92 Å². The molecule has 3 nitrogen and oxygen atoms in total. The van der Waals surface area contributed by atoms with Crippen molar-refractivity contribution in [3.8, 4) is 0 Å². The molecular weight excluding hydrogens is 194 g/mol.